The summed E-state index contributed by atoms with van der Waals surface area (Å²) < 4.78 is 5.77. The zero-order chi connectivity index (χ0) is 26.3. The van der Waals surface area contributed by atoms with Gasteiger partial charge in [0.2, 0.25) is 0 Å². The van der Waals surface area contributed by atoms with Crippen LogP contribution in [0.3, 0.4) is 0 Å². The van der Waals surface area contributed by atoms with Crippen molar-refractivity contribution in [2.45, 2.75) is 82.7 Å². The lowest BCUT2D eigenvalue weighted by atomic mass is 9.75. The maximum atomic E-state index is 12.3. The van der Waals surface area contributed by atoms with E-state index in [1.165, 1.54) is 62.5 Å². The Kier molecular flexibility index (Phi) is 8.68. The van der Waals surface area contributed by atoms with Gasteiger partial charge in [-0.2, -0.15) is 0 Å². The molecule has 4 heteroatoms. The summed E-state index contributed by atoms with van der Waals surface area (Å²) >= 11 is 0. The molecule has 0 saturated heterocycles. The van der Waals surface area contributed by atoms with Crippen LogP contribution in [0.15, 0.2) is 72.8 Å². The van der Waals surface area contributed by atoms with Crippen LogP contribution in [0.4, 0.5) is 11.4 Å². The molecule has 0 aromatic heterocycles. The first-order valence-electron chi connectivity index (χ1n) is 14.5. The molecule has 3 aromatic rings. The average molecular weight is 511 g/mol. The van der Waals surface area contributed by atoms with Crippen LogP contribution in [0.1, 0.15) is 97.2 Å². The van der Waals surface area contributed by atoms with Gasteiger partial charge in [-0.1, -0.05) is 55.3 Å². The lowest BCUT2D eigenvalue weighted by Crippen LogP contribution is -2.25. The van der Waals surface area contributed by atoms with E-state index < -0.39 is 0 Å². The molecule has 5 rings (SSSR count). The fraction of sp³-hybridized carbons (Fsp3) is 0.441. The minimum Gasteiger partial charge on any atom is -0.459 e. The highest BCUT2D eigenvalue weighted by molar-refractivity contribution is 5.89. The molecule has 4 nitrogen and oxygen atoms in total. The molecule has 200 valence electrons. The highest BCUT2D eigenvalue weighted by Gasteiger charge is 2.27. The maximum absolute atomic E-state index is 12.3. The Morgan fingerprint density at radius 1 is 0.684 bits per heavy atom. The molecule has 2 fully saturated rings. The van der Waals surface area contributed by atoms with Crippen LogP contribution in [-0.4, -0.2) is 12.1 Å². The first-order chi connectivity index (χ1) is 18.5. The topological polar surface area (TPSA) is 78.3 Å². The number of carbonyl (C=O) groups excluding carboxylic acids is 1. The van der Waals surface area contributed by atoms with Gasteiger partial charge in [0.15, 0.2) is 0 Å². The highest BCUT2D eigenvalue weighted by atomic mass is 16.5. The van der Waals surface area contributed by atoms with Gasteiger partial charge in [-0.15, -0.1) is 0 Å². The largest absolute Gasteiger partial charge is 0.459 e. The smallest absolute Gasteiger partial charge is 0.338 e. The van der Waals surface area contributed by atoms with E-state index in [1.54, 1.807) is 6.07 Å². The molecule has 0 unspecified atom stereocenters. The summed E-state index contributed by atoms with van der Waals surface area (Å²) in [5.74, 6) is 2.18. The molecule has 38 heavy (non-hydrogen) atoms. The summed E-state index contributed by atoms with van der Waals surface area (Å²) in [5.41, 5.74) is 18.0. The monoisotopic (exact) mass is 510 g/mol. The molecular weight excluding hydrogens is 468 g/mol. The Hall–Kier alpha value is -3.27. The van der Waals surface area contributed by atoms with E-state index in [2.05, 4.69) is 24.3 Å². The van der Waals surface area contributed by atoms with E-state index >= 15 is 0 Å². The van der Waals surface area contributed by atoms with E-state index in [9.17, 15) is 4.79 Å². The fourth-order valence-corrected chi connectivity index (χ4v) is 6.58. The van der Waals surface area contributed by atoms with E-state index in [-0.39, 0.29) is 12.1 Å². The summed E-state index contributed by atoms with van der Waals surface area (Å²) in [6.45, 7) is 0. The molecule has 0 atom stereocenters. The van der Waals surface area contributed by atoms with Crippen molar-refractivity contribution in [2.24, 2.45) is 11.8 Å². The van der Waals surface area contributed by atoms with Gasteiger partial charge in [0.05, 0.1) is 5.56 Å². The predicted octanol–water partition coefficient (Wildman–Crippen LogP) is 7.91. The molecule has 2 aliphatic rings. The molecule has 4 N–H and O–H groups in total. The van der Waals surface area contributed by atoms with Crippen LogP contribution in [0.5, 0.6) is 0 Å². The first-order valence-corrected chi connectivity index (χ1v) is 14.5. The van der Waals surface area contributed by atoms with Crippen molar-refractivity contribution >= 4 is 17.3 Å². The Balaban J connectivity index is 1.00. The van der Waals surface area contributed by atoms with Crippen LogP contribution in [-0.2, 0) is 11.2 Å². The predicted molar refractivity (Wildman–Crippen MR) is 156 cm³/mol. The number of hydrogen-bond acceptors (Lipinski definition) is 4. The van der Waals surface area contributed by atoms with Gasteiger partial charge in [-0.05, 0) is 123 Å². The molecule has 0 amide bonds. The number of anilines is 2. The number of esters is 1. The number of hydrogen-bond donors (Lipinski definition) is 2. The number of carbonyl (C=O) groups is 1. The third kappa shape index (κ3) is 7.18. The average Bonchev–Trinajstić information content (AvgIpc) is 2.93. The van der Waals surface area contributed by atoms with Crippen molar-refractivity contribution in [3.63, 3.8) is 0 Å². The van der Waals surface area contributed by atoms with Gasteiger partial charge in [-0.3, -0.25) is 0 Å². The zero-order valence-electron chi connectivity index (χ0n) is 22.5. The Bertz CT molecular complexity index is 1150. The lowest BCUT2D eigenvalue weighted by molar-refractivity contribution is 0.0158. The quantitative estimate of drug-likeness (QED) is 0.238. The highest BCUT2D eigenvalue weighted by Crippen LogP contribution is 2.39. The molecular formula is C34H42N2O2. The third-order valence-corrected chi connectivity index (χ3v) is 8.80. The van der Waals surface area contributed by atoms with Crippen LogP contribution in [0, 0.1) is 11.8 Å². The second kappa shape index (κ2) is 12.5. The van der Waals surface area contributed by atoms with Crippen LogP contribution < -0.4 is 11.5 Å². The number of nitrogens with two attached hydrogens (primary N) is 2. The minimum atomic E-state index is -0.174. The van der Waals surface area contributed by atoms with Crippen molar-refractivity contribution < 1.29 is 9.53 Å². The second-order valence-corrected chi connectivity index (χ2v) is 11.6. The van der Waals surface area contributed by atoms with Crippen molar-refractivity contribution in [3.8, 4) is 0 Å². The molecule has 0 heterocycles. The third-order valence-electron chi connectivity index (χ3n) is 8.80. The van der Waals surface area contributed by atoms with Crippen molar-refractivity contribution in [1.29, 1.82) is 0 Å². The van der Waals surface area contributed by atoms with E-state index in [1.807, 2.05) is 42.5 Å². The van der Waals surface area contributed by atoms with Gasteiger partial charge in [0.1, 0.15) is 6.10 Å². The Labute approximate surface area is 227 Å². The Morgan fingerprint density at radius 2 is 1.26 bits per heavy atom. The van der Waals surface area contributed by atoms with E-state index in [0.717, 1.165) is 48.0 Å². The van der Waals surface area contributed by atoms with Crippen LogP contribution in [0.25, 0.3) is 0 Å². The summed E-state index contributed by atoms with van der Waals surface area (Å²) in [7, 11) is 0. The zero-order valence-corrected chi connectivity index (χ0v) is 22.5. The number of nitrogen functional groups attached to an aromatic ring is 2. The second-order valence-electron chi connectivity index (χ2n) is 11.6. The minimum absolute atomic E-state index is 0.0877. The summed E-state index contributed by atoms with van der Waals surface area (Å²) in [4.78, 5) is 12.3. The lowest BCUT2D eigenvalue weighted by Gasteiger charge is -2.32. The first kappa shape index (κ1) is 26.3. The standard InChI is InChI=1S/C34H42N2O2/c35-31-21-27(22-32(36)23-31)20-26-10-16-29(17-11-26)28-14-8-24(9-15-28)6-7-25-12-18-33(19-13-25)38-34(37)30-4-2-1-3-5-30/h1-5,10-11,16-17,21-25,28,33H,6-9,12-15,18-20,35-36H2. The summed E-state index contributed by atoms with van der Waals surface area (Å²) in [5, 5.41) is 0. The molecule has 0 radical (unpaired) electrons. The molecule has 3 aromatic carbocycles. The van der Waals surface area contributed by atoms with Crippen LogP contribution >= 0.6 is 0 Å². The van der Waals surface area contributed by atoms with Crippen molar-refractivity contribution in [1.82, 2.24) is 0 Å². The fourth-order valence-electron chi connectivity index (χ4n) is 6.58. The summed E-state index contributed by atoms with van der Waals surface area (Å²) in [6.07, 6.45) is 13.3. The van der Waals surface area contributed by atoms with Crippen LogP contribution in [0.2, 0.25) is 0 Å². The van der Waals surface area contributed by atoms with Crippen molar-refractivity contribution in [3.05, 3.63) is 95.1 Å². The van der Waals surface area contributed by atoms with Gasteiger partial charge in [-0.25, -0.2) is 4.79 Å². The van der Waals surface area contributed by atoms with E-state index in [4.69, 9.17) is 16.2 Å². The van der Waals surface area contributed by atoms with Gasteiger partial charge < -0.3 is 16.2 Å². The van der Waals surface area contributed by atoms with E-state index in [0.29, 0.717) is 11.5 Å². The Morgan fingerprint density at radius 3 is 1.87 bits per heavy atom. The number of rotatable bonds is 8. The maximum Gasteiger partial charge on any atom is 0.338 e. The number of ether oxygens (including phenoxy) is 1. The summed E-state index contributed by atoms with van der Waals surface area (Å²) in [6, 6.07) is 24.4. The molecule has 0 spiro atoms. The number of benzene rings is 3. The molecule has 0 bridgehead atoms. The van der Waals surface area contributed by atoms with Crippen molar-refractivity contribution in [2.75, 3.05) is 11.5 Å². The molecule has 2 aliphatic carbocycles. The SMILES string of the molecule is Nc1cc(N)cc(Cc2ccc(C3CCC(CCC4CCC(OC(=O)c5ccccc5)CC4)CC3)cc2)c1. The van der Waals surface area contributed by atoms with Gasteiger partial charge >= 0.3 is 5.97 Å². The van der Waals surface area contributed by atoms with Gasteiger partial charge in [0.25, 0.3) is 0 Å². The molecule has 2 saturated carbocycles. The normalized spacial score (nSPS) is 23.6. The van der Waals surface area contributed by atoms with Gasteiger partial charge in [0, 0.05) is 11.4 Å². The molecule has 0 aliphatic heterocycles.